The smallest absolute Gasteiger partial charge is 0.330 e. The molecule has 2 heterocycles. The third-order valence-electron chi connectivity index (χ3n) is 7.30. The van der Waals surface area contributed by atoms with Gasteiger partial charge in [-0.1, -0.05) is 97.9 Å². The Morgan fingerprint density at radius 3 is 1.90 bits per heavy atom. The first kappa shape index (κ1) is 26.8. The summed E-state index contributed by atoms with van der Waals surface area (Å²) in [4.78, 5) is 27.2. The Balaban J connectivity index is 1.52. The quantitative estimate of drug-likeness (QED) is 0.300. The van der Waals surface area contributed by atoms with Crippen molar-refractivity contribution in [2.45, 2.75) is 50.7 Å². The lowest BCUT2D eigenvalue weighted by molar-refractivity contribution is -0.103. The van der Waals surface area contributed by atoms with Crippen LogP contribution in [-0.4, -0.2) is 35.0 Å². The molecule has 1 N–H and O–H groups in total. The summed E-state index contributed by atoms with van der Waals surface area (Å²) < 4.78 is 20.9. The van der Waals surface area contributed by atoms with Crippen molar-refractivity contribution in [3.63, 3.8) is 0 Å². The lowest BCUT2D eigenvalue weighted by Gasteiger charge is -2.37. The van der Waals surface area contributed by atoms with E-state index in [-0.39, 0.29) is 18.3 Å². The zero-order valence-corrected chi connectivity index (χ0v) is 22.3. The summed E-state index contributed by atoms with van der Waals surface area (Å²) in [6.45, 7) is 4.54. The Kier molecular flexibility index (Phi) is 8.21. The Morgan fingerprint density at radius 2 is 1.41 bits per heavy atom. The minimum Gasteiger partial charge on any atom is -0.376 e. The molecular formula is C32H34N2O5. The maximum absolute atomic E-state index is 12.7. The number of H-pyrrole nitrogens is 1. The van der Waals surface area contributed by atoms with Crippen molar-refractivity contribution in [1.82, 2.24) is 9.55 Å². The highest BCUT2D eigenvalue weighted by Gasteiger charge is 2.42. The van der Waals surface area contributed by atoms with Crippen LogP contribution in [0.2, 0.25) is 0 Å². The van der Waals surface area contributed by atoms with Gasteiger partial charge in [0.05, 0.1) is 12.7 Å². The van der Waals surface area contributed by atoms with E-state index in [4.69, 9.17) is 14.2 Å². The number of hydrogen-bond donors (Lipinski definition) is 1. The molecule has 0 amide bonds. The highest BCUT2D eigenvalue weighted by molar-refractivity contribution is 5.47. The summed E-state index contributed by atoms with van der Waals surface area (Å²) in [5.41, 5.74) is 1.76. The van der Waals surface area contributed by atoms with Gasteiger partial charge in [-0.15, -0.1) is 0 Å². The van der Waals surface area contributed by atoms with Crippen LogP contribution in [0.4, 0.5) is 0 Å². The molecule has 1 aliphatic heterocycles. The van der Waals surface area contributed by atoms with E-state index < -0.39 is 23.6 Å². The summed E-state index contributed by atoms with van der Waals surface area (Å²) >= 11 is 0. The number of aryl methyl sites for hydroxylation is 1. The van der Waals surface area contributed by atoms with E-state index in [1.165, 1.54) is 4.57 Å². The lowest BCUT2D eigenvalue weighted by atomic mass is 9.80. The molecule has 39 heavy (non-hydrogen) atoms. The Bertz CT molecular complexity index is 1370. The van der Waals surface area contributed by atoms with E-state index in [0.717, 1.165) is 16.7 Å². The molecule has 1 fully saturated rings. The van der Waals surface area contributed by atoms with Crippen LogP contribution < -0.4 is 11.2 Å². The third-order valence-corrected chi connectivity index (χ3v) is 7.30. The van der Waals surface area contributed by atoms with Crippen LogP contribution in [0.3, 0.4) is 0 Å². The van der Waals surface area contributed by atoms with Gasteiger partial charge in [-0.2, -0.15) is 0 Å². The second-order valence-corrected chi connectivity index (χ2v) is 9.62. The zero-order valence-electron chi connectivity index (χ0n) is 22.3. The summed E-state index contributed by atoms with van der Waals surface area (Å²) in [7, 11) is 0. The molecule has 7 heteroatoms. The Morgan fingerprint density at radius 1 is 0.872 bits per heavy atom. The van der Waals surface area contributed by atoms with Crippen molar-refractivity contribution in [1.29, 1.82) is 0 Å². The van der Waals surface area contributed by atoms with E-state index in [2.05, 4.69) is 41.4 Å². The fourth-order valence-corrected chi connectivity index (χ4v) is 5.38. The predicted molar refractivity (Wildman–Crippen MR) is 150 cm³/mol. The fourth-order valence-electron chi connectivity index (χ4n) is 5.38. The van der Waals surface area contributed by atoms with Gasteiger partial charge >= 0.3 is 5.69 Å². The monoisotopic (exact) mass is 526 g/mol. The molecule has 4 aromatic rings. The molecule has 1 aromatic heterocycles. The van der Waals surface area contributed by atoms with Crippen LogP contribution in [-0.2, 0) is 26.2 Å². The number of hydrogen-bond acceptors (Lipinski definition) is 5. The van der Waals surface area contributed by atoms with Gasteiger partial charge < -0.3 is 14.2 Å². The normalized spacial score (nSPS) is 19.3. The first-order valence-electron chi connectivity index (χ1n) is 13.5. The first-order valence-corrected chi connectivity index (χ1v) is 13.5. The molecule has 0 unspecified atom stereocenters. The highest BCUT2D eigenvalue weighted by atomic mass is 16.6. The molecule has 5 rings (SSSR count). The molecule has 0 radical (unpaired) electrons. The van der Waals surface area contributed by atoms with Crippen LogP contribution in [0.5, 0.6) is 0 Å². The molecule has 0 spiro atoms. The largest absolute Gasteiger partial charge is 0.376 e. The minimum absolute atomic E-state index is 0.221. The number of aromatic nitrogens is 2. The summed E-state index contributed by atoms with van der Waals surface area (Å²) in [6, 6.07) is 30.5. The van der Waals surface area contributed by atoms with E-state index in [1.54, 1.807) is 6.20 Å². The van der Waals surface area contributed by atoms with Crippen molar-refractivity contribution < 1.29 is 14.2 Å². The van der Waals surface area contributed by atoms with Crippen molar-refractivity contribution >= 4 is 0 Å². The van der Waals surface area contributed by atoms with E-state index >= 15 is 0 Å². The van der Waals surface area contributed by atoms with Gasteiger partial charge in [0.15, 0.2) is 0 Å². The molecule has 0 bridgehead atoms. The van der Waals surface area contributed by atoms with Gasteiger partial charge in [0.25, 0.3) is 5.56 Å². The molecule has 0 saturated carbocycles. The second-order valence-electron chi connectivity index (χ2n) is 9.62. The zero-order chi connectivity index (χ0) is 27.2. The van der Waals surface area contributed by atoms with Gasteiger partial charge in [-0.3, -0.25) is 14.3 Å². The number of ether oxygens (including phenoxy) is 3. The molecule has 7 nitrogen and oxygen atoms in total. The van der Waals surface area contributed by atoms with Crippen LogP contribution in [0.25, 0.3) is 0 Å². The lowest BCUT2D eigenvalue weighted by Crippen LogP contribution is -2.38. The molecule has 3 atom stereocenters. The minimum atomic E-state index is -0.897. The van der Waals surface area contributed by atoms with E-state index in [1.807, 2.05) is 68.4 Å². The van der Waals surface area contributed by atoms with Crippen molar-refractivity contribution in [3.05, 3.63) is 140 Å². The molecule has 1 aliphatic rings. The average molecular weight is 527 g/mol. The van der Waals surface area contributed by atoms with Crippen LogP contribution in [0, 0.1) is 0 Å². The second kappa shape index (κ2) is 11.9. The van der Waals surface area contributed by atoms with Crippen molar-refractivity contribution in [2.24, 2.45) is 0 Å². The maximum atomic E-state index is 12.7. The topological polar surface area (TPSA) is 82.6 Å². The first-order chi connectivity index (χ1) is 19.1. The van der Waals surface area contributed by atoms with E-state index in [9.17, 15) is 9.59 Å². The van der Waals surface area contributed by atoms with E-state index in [0.29, 0.717) is 25.0 Å². The van der Waals surface area contributed by atoms with Gasteiger partial charge in [-0.05, 0) is 30.0 Å². The van der Waals surface area contributed by atoms with Crippen molar-refractivity contribution in [2.75, 3.05) is 13.2 Å². The van der Waals surface area contributed by atoms with Crippen LogP contribution in [0.1, 0.15) is 48.8 Å². The Labute approximate surface area is 228 Å². The fraction of sp³-hybridized carbons (Fsp3) is 0.312. The highest BCUT2D eigenvalue weighted by Crippen LogP contribution is 2.41. The SMILES string of the molecule is CCO[C@H]1C[C@H](n2cc(CC)c(=O)[nH]c2=O)O[C@@H]1COC(c1ccccc1)(c1ccccc1)c1ccccc1. The number of nitrogens with one attached hydrogen (secondary N) is 1. The molecule has 202 valence electrons. The third kappa shape index (κ3) is 5.39. The van der Waals surface area contributed by atoms with Gasteiger partial charge in [0.1, 0.15) is 17.9 Å². The average Bonchev–Trinajstić information content (AvgIpc) is 3.37. The van der Waals surface area contributed by atoms with Crippen molar-refractivity contribution in [3.8, 4) is 0 Å². The predicted octanol–water partition coefficient (Wildman–Crippen LogP) is 4.80. The molecule has 0 aliphatic carbocycles. The van der Waals surface area contributed by atoms with Gasteiger partial charge in [-0.25, -0.2) is 4.79 Å². The number of aromatic amines is 1. The summed E-state index contributed by atoms with van der Waals surface area (Å²) in [5, 5.41) is 0. The number of benzene rings is 3. The molecule has 3 aromatic carbocycles. The molecular weight excluding hydrogens is 492 g/mol. The molecule has 1 saturated heterocycles. The summed E-state index contributed by atoms with van der Waals surface area (Å²) in [6.07, 6.45) is 1.27. The van der Waals surface area contributed by atoms with Gasteiger partial charge in [0.2, 0.25) is 0 Å². The summed E-state index contributed by atoms with van der Waals surface area (Å²) in [5.74, 6) is 0. The van der Waals surface area contributed by atoms with Crippen LogP contribution >= 0.6 is 0 Å². The van der Waals surface area contributed by atoms with Gasteiger partial charge in [0, 0.05) is 24.8 Å². The standard InChI is InChI=1S/C32H34N2O5/c1-3-23-21-34(31(36)33-30(23)35)29-20-27(37-4-2)28(39-29)22-38-32(24-14-8-5-9-15-24,25-16-10-6-11-17-25)26-18-12-7-13-19-26/h5-19,21,27-29H,3-4,20,22H2,1-2H3,(H,33,35,36)/t27-,28+,29+/m0/s1. The van der Waals surface area contributed by atoms with Crippen LogP contribution in [0.15, 0.2) is 107 Å². The Hall–Kier alpha value is -3.78. The number of rotatable bonds is 10. The maximum Gasteiger partial charge on any atom is 0.330 e. The number of nitrogens with zero attached hydrogens (tertiary/aromatic N) is 1.